The molecule has 0 aliphatic rings. The topological polar surface area (TPSA) is 0 Å². The normalized spacial score (nSPS) is 9.07. The zero-order valence-electron chi connectivity index (χ0n) is 8.93. The monoisotopic (exact) mass is 306 g/mol. The van der Waals surface area contributed by atoms with Crippen molar-refractivity contribution in [3.05, 3.63) is 58.6 Å². The summed E-state index contributed by atoms with van der Waals surface area (Å²) in [7, 11) is 0. The van der Waals surface area contributed by atoms with Crippen molar-refractivity contribution in [2.75, 3.05) is 0 Å². The third-order valence-electron chi connectivity index (χ3n) is 1.97. The fourth-order valence-electron chi connectivity index (χ4n) is 1.20. The Morgan fingerprint density at radius 2 is 1.60 bits per heavy atom. The number of hydrogen-bond acceptors (Lipinski definition) is 0. The fourth-order valence-corrected chi connectivity index (χ4v) is 1.94. The molecule has 0 saturated carbocycles. The summed E-state index contributed by atoms with van der Waals surface area (Å²) in [5.41, 5.74) is 1.40. The van der Waals surface area contributed by atoms with Crippen LogP contribution in [0.2, 0.25) is 0 Å². The smallest absolute Gasteiger partial charge is 0 e. The number of halogens is 1. The number of hydrogen-bond donors (Lipinski definition) is 0. The van der Waals surface area contributed by atoms with E-state index in [-0.39, 0.29) is 17.1 Å². The van der Waals surface area contributed by atoms with Gasteiger partial charge in [0.2, 0.25) is 0 Å². The van der Waals surface area contributed by atoms with Crippen molar-refractivity contribution >= 4 is 15.9 Å². The van der Waals surface area contributed by atoms with Crippen LogP contribution in [0.4, 0.5) is 0 Å². The molecule has 2 heteroatoms. The van der Waals surface area contributed by atoms with Gasteiger partial charge in [-0.05, 0) is 0 Å². The SMILES string of the molecule is CC(C)[c-]1cccc1Br.[Fe].[cH-]1[cH-][cH-][cH-][cH-]1. The molecule has 0 unspecified atom stereocenters. The zero-order valence-corrected chi connectivity index (χ0v) is 11.6. The van der Waals surface area contributed by atoms with E-state index in [1.54, 1.807) is 0 Å². The molecule has 15 heavy (non-hydrogen) atoms. The molecule has 88 valence electrons. The predicted octanol–water partition coefficient (Wildman–Crippen LogP) is 4.69. The molecule has 0 aliphatic heterocycles. The van der Waals surface area contributed by atoms with Gasteiger partial charge in [-0.25, -0.2) is 6.07 Å². The van der Waals surface area contributed by atoms with Gasteiger partial charge in [0.15, 0.2) is 0 Å². The van der Waals surface area contributed by atoms with Gasteiger partial charge in [-0.15, -0.1) is 5.56 Å². The Morgan fingerprint density at radius 1 is 1.13 bits per heavy atom. The Balaban J connectivity index is 0.000000280. The van der Waals surface area contributed by atoms with Crippen molar-refractivity contribution < 1.29 is 17.1 Å². The van der Waals surface area contributed by atoms with Crippen LogP contribution in [0, 0.1) is 0 Å². The van der Waals surface area contributed by atoms with Crippen LogP contribution in [0.1, 0.15) is 25.3 Å². The second kappa shape index (κ2) is 7.92. The van der Waals surface area contributed by atoms with Crippen LogP contribution in [0.5, 0.6) is 0 Å². The molecule has 2 aromatic rings. The summed E-state index contributed by atoms with van der Waals surface area (Å²) in [6.07, 6.45) is 0. The zero-order chi connectivity index (χ0) is 10.4. The van der Waals surface area contributed by atoms with Crippen molar-refractivity contribution in [1.82, 2.24) is 0 Å². The van der Waals surface area contributed by atoms with Crippen LogP contribution < -0.4 is 0 Å². The van der Waals surface area contributed by atoms with E-state index in [4.69, 9.17) is 0 Å². The summed E-state index contributed by atoms with van der Waals surface area (Å²) in [6, 6.07) is 16.3. The Morgan fingerprint density at radius 3 is 1.80 bits per heavy atom. The van der Waals surface area contributed by atoms with E-state index in [2.05, 4.69) is 48.0 Å². The van der Waals surface area contributed by atoms with Gasteiger partial charge >= 0.3 is 0 Å². The largest absolute Gasteiger partial charge is 0.748 e. The van der Waals surface area contributed by atoms with Gasteiger partial charge in [0.1, 0.15) is 0 Å². The molecule has 0 aromatic heterocycles. The first-order valence-corrected chi connectivity index (χ1v) is 5.59. The third kappa shape index (κ3) is 5.36. The Bertz CT molecular complexity index is 316. The summed E-state index contributed by atoms with van der Waals surface area (Å²) in [5.74, 6) is 0.634. The molecular formula is C13H15BrFe-6. The van der Waals surface area contributed by atoms with Crippen molar-refractivity contribution in [2.45, 2.75) is 19.8 Å². The molecular weight excluding hydrogens is 292 g/mol. The van der Waals surface area contributed by atoms with Gasteiger partial charge < -0.3 is 30.3 Å². The summed E-state index contributed by atoms with van der Waals surface area (Å²) >= 11 is 3.47. The quantitative estimate of drug-likeness (QED) is 0.529. The van der Waals surface area contributed by atoms with Crippen LogP contribution in [0.25, 0.3) is 0 Å². The van der Waals surface area contributed by atoms with Crippen molar-refractivity contribution in [2.24, 2.45) is 0 Å². The average Bonchev–Trinajstić information content (AvgIpc) is 2.74. The second-order valence-electron chi connectivity index (χ2n) is 3.45. The standard InChI is InChI=1S/C8H10Br.C5H5.Fe/c1-6(2)7-4-3-5-8(7)9;1-2-4-5-3-1;/h3-6H,1-2H3;1-5H;/q-1;-5;. The molecule has 0 heterocycles. The minimum absolute atomic E-state index is 0. The van der Waals surface area contributed by atoms with Crippen molar-refractivity contribution in [3.8, 4) is 0 Å². The van der Waals surface area contributed by atoms with E-state index >= 15 is 0 Å². The average molecular weight is 307 g/mol. The van der Waals surface area contributed by atoms with Crippen LogP contribution in [0.3, 0.4) is 0 Å². The maximum Gasteiger partial charge on any atom is 0 e. The summed E-state index contributed by atoms with van der Waals surface area (Å²) < 4.78 is 1.23. The molecule has 0 spiro atoms. The fraction of sp³-hybridized carbons (Fsp3) is 0.231. The molecule has 0 aliphatic carbocycles. The van der Waals surface area contributed by atoms with Crippen molar-refractivity contribution in [1.29, 1.82) is 0 Å². The molecule has 0 bridgehead atoms. The maximum atomic E-state index is 3.47. The third-order valence-corrected chi connectivity index (χ3v) is 2.69. The van der Waals surface area contributed by atoms with Gasteiger partial charge in [0, 0.05) is 17.1 Å². The van der Waals surface area contributed by atoms with Crippen LogP contribution >= 0.6 is 15.9 Å². The van der Waals surface area contributed by atoms with Gasteiger partial charge in [0.05, 0.1) is 0 Å². The predicted molar refractivity (Wildman–Crippen MR) is 65.9 cm³/mol. The Kier molecular flexibility index (Phi) is 7.76. The molecule has 0 fully saturated rings. The molecule has 0 amide bonds. The molecule has 0 nitrogen and oxygen atoms in total. The second-order valence-corrected chi connectivity index (χ2v) is 4.30. The summed E-state index contributed by atoms with van der Waals surface area (Å²) in [4.78, 5) is 0. The first-order valence-electron chi connectivity index (χ1n) is 4.79. The van der Waals surface area contributed by atoms with Gasteiger partial charge in [0.25, 0.3) is 0 Å². The van der Waals surface area contributed by atoms with Crippen LogP contribution in [-0.2, 0) is 17.1 Å². The van der Waals surface area contributed by atoms with Gasteiger partial charge in [-0.2, -0.15) is 12.1 Å². The van der Waals surface area contributed by atoms with E-state index in [1.807, 2.05) is 30.3 Å². The molecule has 0 saturated heterocycles. The van der Waals surface area contributed by atoms with Crippen LogP contribution in [0.15, 0.2) is 53.0 Å². The van der Waals surface area contributed by atoms with E-state index < -0.39 is 0 Å². The minimum Gasteiger partial charge on any atom is -0.748 e. The Hall–Kier alpha value is -0.301. The first-order chi connectivity index (χ1) is 6.72. The maximum absolute atomic E-state index is 3.47. The first kappa shape index (κ1) is 14.7. The summed E-state index contributed by atoms with van der Waals surface area (Å²) in [5, 5.41) is 0. The number of rotatable bonds is 1. The van der Waals surface area contributed by atoms with E-state index in [0.717, 1.165) is 0 Å². The van der Waals surface area contributed by atoms with E-state index in [0.29, 0.717) is 5.92 Å². The van der Waals surface area contributed by atoms with Gasteiger partial charge in [-0.3, -0.25) is 0 Å². The van der Waals surface area contributed by atoms with E-state index in [9.17, 15) is 0 Å². The molecule has 2 aromatic carbocycles. The summed E-state index contributed by atoms with van der Waals surface area (Å²) in [6.45, 7) is 4.39. The van der Waals surface area contributed by atoms with E-state index in [1.165, 1.54) is 10.0 Å². The molecule has 2 rings (SSSR count). The van der Waals surface area contributed by atoms with Crippen molar-refractivity contribution in [3.63, 3.8) is 0 Å². The molecule has 0 atom stereocenters. The van der Waals surface area contributed by atoms with Gasteiger partial charge in [-0.1, -0.05) is 40.2 Å². The van der Waals surface area contributed by atoms with Crippen LogP contribution in [-0.4, -0.2) is 0 Å². The minimum atomic E-state index is 0. The Labute approximate surface area is 111 Å². The molecule has 0 radical (unpaired) electrons. The molecule has 0 N–H and O–H groups in total.